The zero-order valence-electron chi connectivity index (χ0n) is 14.5. The molecule has 0 N–H and O–H groups in total. The van der Waals surface area contributed by atoms with Crippen molar-refractivity contribution in [1.82, 2.24) is 0 Å². The molecule has 0 fully saturated rings. The highest BCUT2D eigenvalue weighted by atomic mass is 14.0. The standard InChI is InChI=1S/C20H34/c1-17(2)11-9-15-19(5)13-7-8-14-20(6)16-10-12-18(3)4/h7-8,11-13,20H,9-10,14-16H2,1-6H3. The molecule has 0 aromatic heterocycles. The first-order valence-corrected chi connectivity index (χ1v) is 8.00. The molecule has 0 radical (unpaired) electrons. The second-order valence-corrected chi connectivity index (χ2v) is 6.46. The number of rotatable bonds is 9. The summed E-state index contributed by atoms with van der Waals surface area (Å²) >= 11 is 0. The maximum atomic E-state index is 2.34. The Kier molecular flexibility index (Phi) is 11.1. The first kappa shape index (κ1) is 19.0. The van der Waals surface area contributed by atoms with Crippen LogP contribution in [0.4, 0.5) is 0 Å². The molecule has 0 saturated carbocycles. The summed E-state index contributed by atoms with van der Waals surface area (Å²) in [6.07, 6.45) is 17.5. The number of allylic oxidation sites excluding steroid dienone is 8. The van der Waals surface area contributed by atoms with Crippen LogP contribution in [0.2, 0.25) is 0 Å². The molecule has 0 aliphatic carbocycles. The van der Waals surface area contributed by atoms with E-state index in [1.54, 1.807) is 0 Å². The van der Waals surface area contributed by atoms with Gasteiger partial charge in [0.2, 0.25) is 0 Å². The van der Waals surface area contributed by atoms with E-state index in [1.807, 2.05) is 0 Å². The summed E-state index contributed by atoms with van der Waals surface area (Å²) < 4.78 is 0. The van der Waals surface area contributed by atoms with Crippen molar-refractivity contribution in [1.29, 1.82) is 0 Å². The van der Waals surface area contributed by atoms with Crippen LogP contribution in [0.15, 0.2) is 47.1 Å². The van der Waals surface area contributed by atoms with Gasteiger partial charge in [0.1, 0.15) is 0 Å². The second kappa shape index (κ2) is 11.8. The monoisotopic (exact) mass is 274 g/mol. The summed E-state index contributed by atoms with van der Waals surface area (Å²) in [7, 11) is 0. The van der Waals surface area contributed by atoms with Crippen molar-refractivity contribution in [3.63, 3.8) is 0 Å². The molecule has 0 aliphatic heterocycles. The normalized spacial score (nSPS) is 13.4. The molecule has 0 rings (SSSR count). The smallest absolute Gasteiger partial charge is 0.0285 e. The van der Waals surface area contributed by atoms with Gasteiger partial charge in [0.25, 0.3) is 0 Å². The third kappa shape index (κ3) is 13.4. The lowest BCUT2D eigenvalue weighted by atomic mass is 10.0. The van der Waals surface area contributed by atoms with Gasteiger partial charge in [-0.25, -0.2) is 0 Å². The van der Waals surface area contributed by atoms with Crippen LogP contribution in [0.3, 0.4) is 0 Å². The predicted molar refractivity (Wildman–Crippen MR) is 94.0 cm³/mol. The Bertz CT molecular complexity index is 355. The molecule has 0 aromatic carbocycles. The third-order valence-corrected chi connectivity index (χ3v) is 3.36. The average Bonchev–Trinajstić information content (AvgIpc) is 2.33. The minimum absolute atomic E-state index is 0.779. The maximum absolute atomic E-state index is 2.34. The van der Waals surface area contributed by atoms with Crippen molar-refractivity contribution in [2.24, 2.45) is 5.92 Å². The van der Waals surface area contributed by atoms with E-state index in [4.69, 9.17) is 0 Å². The highest BCUT2D eigenvalue weighted by Gasteiger charge is 1.97. The molecule has 1 atom stereocenters. The van der Waals surface area contributed by atoms with Crippen LogP contribution < -0.4 is 0 Å². The summed E-state index contributed by atoms with van der Waals surface area (Å²) in [6.45, 7) is 13.2. The molecular weight excluding hydrogens is 240 g/mol. The topological polar surface area (TPSA) is 0 Å². The molecule has 0 spiro atoms. The Morgan fingerprint density at radius 3 is 2.10 bits per heavy atom. The van der Waals surface area contributed by atoms with Gasteiger partial charge in [-0.1, -0.05) is 54.0 Å². The molecule has 114 valence electrons. The van der Waals surface area contributed by atoms with Gasteiger partial charge in [-0.3, -0.25) is 0 Å². The van der Waals surface area contributed by atoms with E-state index in [9.17, 15) is 0 Å². The highest BCUT2D eigenvalue weighted by molar-refractivity contribution is 5.11. The fourth-order valence-electron chi connectivity index (χ4n) is 1.99. The molecule has 0 aliphatic rings. The van der Waals surface area contributed by atoms with Crippen molar-refractivity contribution < 1.29 is 0 Å². The van der Waals surface area contributed by atoms with Gasteiger partial charge in [-0.15, -0.1) is 0 Å². The minimum Gasteiger partial charge on any atom is -0.0859 e. The first-order chi connectivity index (χ1) is 9.41. The Morgan fingerprint density at radius 1 is 0.900 bits per heavy atom. The van der Waals surface area contributed by atoms with Gasteiger partial charge in [0, 0.05) is 0 Å². The molecule has 0 bridgehead atoms. The molecule has 0 nitrogen and oxygen atoms in total. The van der Waals surface area contributed by atoms with E-state index in [-0.39, 0.29) is 0 Å². The molecule has 0 saturated heterocycles. The lowest BCUT2D eigenvalue weighted by Crippen LogP contribution is -1.91. The van der Waals surface area contributed by atoms with Crippen LogP contribution >= 0.6 is 0 Å². The Hall–Kier alpha value is -1.04. The predicted octanol–water partition coefficient (Wildman–Crippen LogP) is 7.01. The van der Waals surface area contributed by atoms with Gasteiger partial charge < -0.3 is 0 Å². The Balaban J connectivity index is 3.88. The van der Waals surface area contributed by atoms with Crippen molar-refractivity contribution in [2.75, 3.05) is 0 Å². The van der Waals surface area contributed by atoms with E-state index in [2.05, 4.69) is 71.9 Å². The number of hydrogen-bond donors (Lipinski definition) is 0. The zero-order valence-corrected chi connectivity index (χ0v) is 14.5. The van der Waals surface area contributed by atoms with Crippen molar-refractivity contribution in [3.8, 4) is 0 Å². The average molecular weight is 274 g/mol. The maximum Gasteiger partial charge on any atom is -0.0285 e. The second-order valence-electron chi connectivity index (χ2n) is 6.46. The van der Waals surface area contributed by atoms with E-state index in [0.717, 1.165) is 12.3 Å². The SMILES string of the molecule is CC(C)=CCCC(C)=CC=CCC(C)CCC=C(C)C. The summed E-state index contributed by atoms with van der Waals surface area (Å²) in [5, 5.41) is 0. The Labute approximate surface area is 127 Å². The van der Waals surface area contributed by atoms with Crippen LogP contribution in [-0.4, -0.2) is 0 Å². The summed E-state index contributed by atoms with van der Waals surface area (Å²) in [5.74, 6) is 0.779. The summed E-state index contributed by atoms with van der Waals surface area (Å²) in [6, 6.07) is 0. The Morgan fingerprint density at radius 2 is 1.50 bits per heavy atom. The van der Waals surface area contributed by atoms with Crippen LogP contribution in [0.5, 0.6) is 0 Å². The molecular formula is C20H34. The number of hydrogen-bond acceptors (Lipinski definition) is 0. The largest absolute Gasteiger partial charge is 0.0859 e. The molecule has 0 aromatic rings. The van der Waals surface area contributed by atoms with Crippen molar-refractivity contribution >= 4 is 0 Å². The minimum atomic E-state index is 0.779. The van der Waals surface area contributed by atoms with Crippen LogP contribution in [-0.2, 0) is 0 Å². The highest BCUT2D eigenvalue weighted by Crippen LogP contribution is 2.13. The van der Waals surface area contributed by atoms with Crippen molar-refractivity contribution in [3.05, 3.63) is 47.1 Å². The zero-order chi connectivity index (χ0) is 15.4. The molecule has 0 amide bonds. The van der Waals surface area contributed by atoms with Crippen LogP contribution in [0.1, 0.15) is 73.6 Å². The summed E-state index contributed by atoms with van der Waals surface area (Å²) in [5.41, 5.74) is 4.32. The van der Waals surface area contributed by atoms with E-state index >= 15 is 0 Å². The van der Waals surface area contributed by atoms with Gasteiger partial charge >= 0.3 is 0 Å². The molecule has 0 heteroatoms. The third-order valence-electron chi connectivity index (χ3n) is 3.36. The van der Waals surface area contributed by atoms with Gasteiger partial charge in [-0.2, -0.15) is 0 Å². The molecule has 1 unspecified atom stereocenters. The lowest BCUT2D eigenvalue weighted by molar-refractivity contribution is 0.546. The fraction of sp³-hybridized carbons (Fsp3) is 0.600. The fourth-order valence-corrected chi connectivity index (χ4v) is 1.99. The quantitative estimate of drug-likeness (QED) is 0.313. The van der Waals surface area contributed by atoms with E-state index < -0.39 is 0 Å². The lowest BCUT2D eigenvalue weighted by Gasteiger charge is -2.06. The molecule has 0 heterocycles. The first-order valence-electron chi connectivity index (χ1n) is 8.00. The summed E-state index contributed by atoms with van der Waals surface area (Å²) in [4.78, 5) is 0. The van der Waals surface area contributed by atoms with Gasteiger partial charge in [0.05, 0.1) is 0 Å². The van der Waals surface area contributed by atoms with Crippen molar-refractivity contribution in [2.45, 2.75) is 73.6 Å². The van der Waals surface area contributed by atoms with Gasteiger partial charge in [0.15, 0.2) is 0 Å². The van der Waals surface area contributed by atoms with Crippen LogP contribution in [0, 0.1) is 5.92 Å². The molecule has 20 heavy (non-hydrogen) atoms. The van der Waals surface area contributed by atoms with E-state index in [0.29, 0.717) is 0 Å². The van der Waals surface area contributed by atoms with Gasteiger partial charge in [-0.05, 0) is 72.6 Å². The van der Waals surface area contributed by atoms with Crippen LogP contribution in [0.25, 0.3) is 0 Å². The van der Waals surface area contributed by atoms with E-state index in [1.165, 1.54) is 42.4 Å².